The van der Waals surface area contributed by atoms with Gasteiger partial charge in [-0.2, -0.15) is 0 Å². The SMILES string of the molecule is CCO.Cln1ccnc1. The van der Waals surface area contributed by atoms with Gasteiger partial charge in [-0.05, 0) is 6.92 Å². The summed E-state index contributed by atoms with van der Waals surface area (Å²) in [5.41, 5.74) is 0. The van der Waals surface area contributed by atoms with E-state index in [4.69, 9.17) is 16.9 Å². The molecule has 1 N–H and O–H groups in total. The molecule has 0 saturated heterocycles. The molecule has 9 heavy (non-hydrogen) atoms. The van der Waals surface area contributed by atoms with E-state index >= 15 is 0 Å². The molecule has 1 heterocycles. The molecule has 3 nitrogen and oxygen atoms in total. The molecule has 1 aromatic heterocycles. The van der Waals surface area contributed by atoms with E-state index in [0.717, 1.165) is 0 Å². The van der Waals surface area contributed by atoms with Crippen LogP contribution in [0.4, 0.5) is 0 Å². The van der Waals surface area contributed by atoms with Gasteiger partial charge in [0.25, 0.3) is 0 Å². The van der Waals surface area contributed by atoms with Gasteiger partial charge < -0.3 is 5.11 Å². The zero-order valence-corrected chi connectivity index (χ0v) is 5.91. The predicted molar refractivity (Wildman–Crippen MR) is 36.2 cm³/mol. The van der Waals surface area contributed by atoms with Gasteiger partial charge in [0.2, 0.25) is 0 Å². The number of aliphatic hydroxyl groups is 1. The average Bonchev–Trinajstić information content (AvgIpc) is 2.20. The van der Waals surface area contributed by atoms with Crippen molar-refractivity contribution in [1.82, 2.24) is 9.07 Å². The number of imidazole rings is 1. The lowest BCUT2D eigenvalue weighted by Crippen LogP contribution is -1.64. The first kappa shape index (κ1) is 8.46. The Morgan fingerprint density at radius 3 is 2.44 bits per heavy atom. The highest BCUT2D eigenvalue weighted by Gasteiger charge is 1.72. The van der Waals surface area contributed by atoms with Crippen LogP contribution in [0.15, 0.2) is 18.7 Å². The summed E-state index contributed by atoms with van der Waals surface area (Å²) in [6.07, 6.45) is 4.79. The van der Waals surface area contributed by atoms with Gasteiger partial charge in [0, 0.05) is 30.8 Å². The molecule has 0 unspecified atom stereocenters. The van der Waals surface area contributed by atoms with Crippen LogP contribution in [0.2, 0.25) is 0 Å². The van der Waals surface area contributed by atoms with Crippen molar-refractivity contribution in [2.75, 3.05) is 6.61 Å². The number of aliphatic hydroxyl groups excluding tert-OH is 1. The largest absolute Gasteiger partial charge is 0.397 e. The van der Waals surface area contributed by atoms with E-state index in [1.807, 2.05) is 0 Å². The normalized spacial score (nSPS) is 7.89. The second-order valence-electron chi connectivity index (χ2n) is 1.22. The number of aromatic nitrogens is 2. The Bertz CT molecular complexity index is 130. The summed E-state index contributed by atoms with van der Waals surface area (Å²) in [5, 5.41) is 7.57. The zero-order chi connectivity index (χ0) is 7.11. The molecule has 0 fully saturated rings. The summed E-state index contributed by atoms with van der Waals surface area (Å²) < 4.78 is 1.36. The molecule has 0 saturated carbocycles. The molecule has 4 heteroatoms. The first-order chi connectivity index (χ1) is 4.31. The molecule has 0 aliphatic heterocycles. The van der Waals surface area contributed by atoms with Crippen LogP contribution in [0.5, 0.6) is 0 Å². The summed E-state index contributed by atoms with van der Waals surface area (Å²) in [5.74, 6) is 0. The summed E-state index contributed by atoms with van der Waals surface area (Å²) in [6.45, 7) is 1.93. The zero-order valence-electron chi connectivity index (χ0n) is 5.16. The van der Waals surface area contributed by atoms with Crippen LogP contribution in [0, 0.1) is 0 Å². The number of rotatable bonds is 0. The minimum absolute atomic E-state index is 0.250. The lowest BCUT2D eigenvalue weighted by Gasteiger charge is -1.71. The van der Waals surface area contributed by atoms with E-state index in [2.05, 4.69) is 4.98 Å². The van der Waals surface area contributed by atoms with Gasteiger partial charge in [-0.15, -0.1) is 0 Å². The topological polar surface area (TPSA) is 38.0 Å². The molecule has 0 aromatic carbocycles. The van der Waals surface area contributed by atoms with Crippen molar-refractivity contribution in [3.05, 3.63) is 18.7 Å². The maximum atomic E-state index is 7.57. The van der Waals surface area contributed by atoms with Crippen LogP contribution in [0.3, 0.4) is 0 Å². The smallest absolute Gasteiger partial charge is 0.110 e. The van der Waals surface area contributed by atoms with Crippen LogP contribution in [-0.4, -0.2) is 20.8 Å². The van der Waals surface area contributed by atoms with Crippen LogP contribution in [0.1, 0.15) is 6.92 Å². The van der Waals surface area contributed by atoms with Gasteiger partial charge in [-0.3, -0.25) is 0 Å². The van der Waals surface area contributed by atoms with Gasteiger partial charge in [-0.25, -0.2) is 9.07 Å². The molecule has 0 aliphatic rings. The van der Waals surface area contributed by atoms with E-state index in [1.54, 1.807) is 19.3 Å². The third-order valence-corrected chi connectivity index (χ3v) is 0.672. The molecule has 0 radical (unpaired) electrons. The van der Waals surface area contributed by atoms with Crippen molar-refractivity contribution in [3.63, 3.8) is 0 Å². The molecule has 1 rings (SSSR count). The van der Waals surface area contributed by atoms with Gasteiger partial charge in [-0.1, -0.05) is 0 Å². The van der Waals surface area contributed by atoms with Crippen LogP contribution >= 0.6 is 11.8 Å². The number of halogens is 1. The molecule has 0 atom stereocenters. The Morgan fingerprint density at radius 1 is 1.78 bits per heavy atom. The third kappa shape index (κ3) is 5.33. The average molecular weight is 149 g/mol. The maximum absolute atomic E-state index is 7.57. The quantitative estimate of drug-likeness (QED) is 0.593. The van der Waals surface area contributed by atoms with E-state index in [9.17, 15) is 0 Å². The molecule has 0 bridgehead atoms. The van der Waals surface area contributed by atoms with E-state index < -0.39 is 0 Å². The monoisotopic (exact) mass is 148 g/mol. The molecule has 0 spiro atoms. The van der Waals surface area contributed by atoms with Crippen molar-refractivity contribution in [2.45, 2.75) is 6.92 Å². The maximum Gasteiger partial charge on any atom is 0.110 e. The Kier molecular flexibility index (Phi) is 5.26. The first-order valence-electron chi connectivity index (χ1n) is 2.56. The van der Waals surface area contributed by atoms with Crippen molar-refractivity contribution in [2.24, 2.45) is 0 Å². The predicted octanol–water partition coefficient (Wildman–Crippen LogP) is 0.884. The van der Waals surface area contributed by atoms with Crippen LogP contribution < -0.4 is 0 Å². The fourth-order valence-corrected chi connectivity index (χ4v) is 0.344. The standard InChI is InChI=1S/C3H3ClN2.C2H6O/c4-6-2-1-5-3-6;1-2-3/h1-3H;3H,2H2,1H3. The van der Waals surface area contributed by atoms with Crippen LogP contribution in [0.25, 0.3) is 0 Å². The van der Waals surface area contributed by atoms with E-state index in [-0.39, 0.29) is 6.61 Å². The minimum atomic E-state index is 0.250. The second kappa shape index (κ2) is 5.59. The Morgan fingerprint density at radius 2 is 2.33 bits per heavy atom. The van der Waals surface area contributed by atoms with Crippen molar-refractivity contribution in [1.29, 1.82) is 0 Å². The summed E-state index contributed by atoms with van der Waals surface area (Å²) in [4.78, 5) is 3.65. The molecule has 0 amide bonds. The molecular formula is C5H9ClN2O. The van der Waals surface area contributed by atoms with Crippen molar-refractivity contribution >= 4 is 11.8 Å². The number of hydrogen-bond acceptors (Lipinski definition) is 2. The lowest BCUT2D eigenvalue weighted by molar-refractivity contribution is 0.318. The highest BCUT2D eigenvalue weighted by molar-refractivity contribution is 6.15. The first-order valence-corrected chi connectivity index (χ1v) is 2.90. The molecule has 1 aromatic rings. The number of nitrogens with zero attached hydrogens (tertiary/aromatic N) is 2. The lowest BCUT2D eigenvalue weighted by atomic mass is 10.9. The Labute approximate surface area is 59.0 Å². The highest BCUT2D eigenvalue weighted by atomic mass is 35.5. The van der Waals surface area contributed by atoms with Crippen LogP contribution in [-0.2, 0) is 0 Å². The van der Waals surface area contributed by atoms with E-state index in [0.29, 0.717) is 0 Å². The van der Waals surface area contributed by atoms with Crippen molar-refractivity contribution in [3.8, 4) is 0 Å². The van der Waals surface area contributed by atoms with Crippen molar-refractivity contribution < 1.29 is 5.11 Å². The summed E-state index contributed by atoms with van der Waals surface area (Å²) in [6, 6.07) is 0. The summed E-state index contributed by atoms with van der Waals surface area (Å²) >= 11 is 5.31. The Balaban J connectivity index is 0.000000187. The van der Waals surface area contributed by atoms with Gasteiger partial charge in [0.1, 0.15) is 6.33 Å². The fraction of sp³-hybridized carbons (Fsp3) is 0.400. The van der Waals surface area contributed by atoms with Gasteiger partial charge >= 0.3 is 0 Å². The third-order valence-electron chi connectivity index (χ3n) is 0.472. The molecular weight excluding hydrogens is 140 g/mol. The van der Waals surface area contributed by atoms with Gasteiger partial charge in [0.15, 0.2) is 0 Å². The second-order valence-corrected chi connectivity index (χ2v) is 1.61. The highest BCUT2D eigenvalue weighted by Crippen LogP contribution is 1.83. The summed E-state index contributed by atoms with van der Waals surface area (Å²) in [7, 11) is 0. The fourth-order valence-electron chi connectivity index (χ4n) is 0.243. The van der Waals surface area contributed by atoms with E-state index in [1.165, 1.54) is 10.4 Å². The van der Waals surface area contributed by atoms with Gasteiger partial charge in [0.05, 0.1) is 0 Å². The minimum Gasteiger partial charge on any atom is -0.397 e. The number of hydrogen-bond donors (Lipinski definition) is 1. The molecule has 52 valence electrons. The Hall–Kier alpha value is -0.540. The molecule has 0 aliphatic carbocycles.